The zero-order valence-corrected chi connectivity index (χ0v) is 15.0. The first-order valence-electron chi connectivity index (χ1n) is 7.63. The minimum Gasteiger partial charge on any atom is -0.378 e. The van der Waals surface area contributed by atoms with Crippen LogP contribution in [-0.2, 0) is 4.79 Å². The van der Waals surface area contributed by atoms with Gasteiger partial charge in [0.1, 0.15) is 0 Å². The molecular formula is C18H20N4OS. The maximum atomic E-state index is 11.8. The molecule has 0 unspecified atom stereocenters. The van der Waals surface area contributed by atoms with Gasteiger partial charge in [-0.2, -0.15) is 0 Å². The van der Waals surface area contributed by atoms with Crippen LogP contribution in [0.2, 0.25) is 0 Å². The van der Waals surface area contributed by atoms with E-state index in [1.807, 2.05) is 27.1 Å². The van der Waals surface area contributed by atoms with Gasteiger partial charge in [-0.1, -0.05) is 0 Å². The summed E-state index contributed by atoms with van der Waals surface area (Å²) in [6, 6.07) is 10.4. The standard InChI is InChI=1S/C18H20N4OS/c1-11-9-13(10-16-17(23)20-18(19)24-16)12(2)22(11)15-7-5-14(6-8-15)21(3)4/h5-10H,1-4H3,(H2,19,20,23). The number of aromatic nitrogens is 1. The van der Waals surface area contributed by atoms with Crippen LogP contribution >= 0.6 is 11.8 Å². The number of rotatable bonds is 3. The van der Waals surface area contributed by atoms with Crippen LogP contribution in [-0.4, -0.2) is 29.7 Å². The Balaban J connectivity index is 1.99. The van der Waals surface area contributed by atoms with Crippen molar-refractivity contribution in [2.24, 2.45) is 0 Å². The number of carbonyl (C=O) groups is 1. The molecule has 2 N–H and O–H groups in total. The van der Waals surface area contributed by atoms with Crippen molar-refractivity contribution in [1.29, 1.82) is 5.41 Å². The highest BCUT2D eigenvalue weighted by atomic mass is 32.2. The van der Waals surface area contributed by atoms with Gasteiger partial charge in [-0.05, 0) is 67.6 Å². The highest BCUT2D eigenvalue weighted by molar-refractivity contribution is 8.18. The maximum absolute atomic E-state index is 11.8. The fraction of sp³-hybridized carbons (Fsp3) is 0.222. The van der Waals surface area contributed by atoms with E-state index in [2.05, 4.69) is 52.0 Å². The second kappa shape index (κ2) is 6.20. The predicted molar refractivity (Wildman–Crippen MR) is 101 cm³/mol. The normalized spacial score (nSPS) is 15.9. The van der Waals surface area contributed by atoms with Gasteiger partial charge in [-0.3, -0.25) is 10.2 Å². The van der Waals surface area contributed by atoms with Gasteiger partial charge < -0.3 is 14.8 Å². The van der Waals surface area contributed by atoms with Crippen molar-refractivity contribution in [1.82, 2.24) is 9.88 Å². The number of benzene rings is 1. The minimum absolute atomic E-state index is 0.180. The molecule has 0 bridgehead atoms. The SMILES string of the molecule is Cc1cc(C=C2SC(=N)NC2=O)c(C)n1-c1ccc(N(C)C)cc1. The molecule has 0 aliphatic carbocycles. The van der Waals surface area contributed by atoms with Crippen molar-refractivity contribution in [2.45, 2.75) is 13.8 Å². The third-order valence-corrected chi connectivity index (χ3v) is 4.87. The van der Waals surface area contributed by atoms with Gasteiger partial charge in [0.25, 0.3) is 5.91 Å². The molecule has 0 spiro atoms. The maximum Gasteiger partial charge on any atom is 0.264 e. The molecular weight excluding hydrogens is 320 g/mol. The number of nitrogens with one attached hydrogen (secondary N) is 2. The van der Waals surface area contributed by atoms with Gasteiger partial charge in [0, 0.05) is 36.9 Å². The molecule has 3 rings (SSSR count). The van der Waals surface area contributed by atoms with Crippen LogP contribution < -0.4 is 10.2 Å². The largest absolute Gasteiger partial charge is 0.378 e. The Kier molecular flexibility index (Phi) is 4.24. The number of thioether (sulfide) groups is 1. The summed E-state index contributed by atoms with van der Waals surface area (Å²) in [6.07, 6.45) is 1.86. The summed E-state index contributed by atoms with van der Waals surface area (Å²) in [6.45, 7) is 4.10. The average Bonchev–Trinajstić information content (AvgIpc) is 2.98. The number of aryl methyl sites for hydroxylation is 1. The van der Waals surface area contributed by atoms with E-state index in [9.17, 15) is 4.79 Å². The molecule has 1 amide bonds. The molecule has 2 aromatic rings. The molecule has 0 saturated carbocycles. The molecule has 1 aliphatic rings. The molecule has 124 valence electrons. The van der Waals surface area contributed by atoms with Crippen molar-refractivity contribution in [3.05, 3.63) is 52.2 Å². The second-order valence-corrected chi connectivity index (χ2v) is 7.02. The van der Waals surface area contributed by atoms with E-state index in [0.29, 0.717) is 4.91 Å². The van der Waals surface area contributed by atoms with Gasteiger partial charge in [0.2, 0.25) is 0 Å². The summed E-state index contributed by atoms with van der Waals surface area (Å²) in [5, 5.41) is 10.2. The summed E-state index contributed by atoms with van der Waals surface area (Å²) >= 11 is 1.16. The molecule has 2 heterocycles. The average molecular weight is 340 g/mol. The lowest BCUT2D eigenvalue weighted by molar-refractivity contribution is -0.115. The summed E-state index contributed by atoms with van der Waals surface area (Å²) < 4.78 is 2.18. The van der Waals surface area contributed by atoms with E-state index >= 15 is 0 Å². The number of hydrogen-bond donors (Lipinski definition) is 2. The summed E-state index contributed by atoms with van der Waals surface area (Å²) in [7, 11) is 4.04. The molecule has 1 fully saturated rings. The molecule has 0 atom stereocenters. The van der Waals surface area contributed by atoms with E-state index in [0.717, 1.165) is 40.1 Å². The number of anilines is 1. The molecule has 6 heteroatoms. The van der Waals surface area contributed by atoms with Crippen LogP contribution in [0.3, 0.4) is 0 Å². The van der Waals surface area contributed by atoms with Crippen LogP contribution in [0, 0.1) is 19.3 Å². The Morgan fingerprint density at radius 2 is 1.88 bits per heavy atom. The number of amides is 1. The van der Waals surface area contributed by atoms with Crippen molar-refractivity contribution in [3.63, 3.8) is 0 Å². The zero-order chi connectivity index (χ0) is 17.4. The van der Waals surface area contributed by atoms with E-state index in [-0.39, 0.29) is 11.1 Å². The van der Waals surface area contributed by atoms with Gasteiger partial charge >= 0.3 is 0 Å². The van der Waals surface area contributed by atoms with E-state index in [1.54, 1.807) is 0 Å². The van der Waals surface area contributed by atoms with Gasteiger partial charge in [0.05, 0.1) is 4.91 Å². The first-order chi connectivity index (χ1) is 11.4. The molecule has 1 saturated heterocycles. The number of amidine groups is 1. The molecule has 1 aliphatic heterocycles. The Hall–Kier alpha value is -2.47. The lowest BCUT2D eigenvalue weighted by Gasteiger charge is -2.14. The fourth-order valence-electron chi connectivity index (χ4n) is 2.81. The van der Waals surface area contributed by atoms with E-state index in [1.165, 1.54) is 0 Å². The lowest BCUT2D eigenvalue weighted by Crippen LogP contribution is -2.18. The Bertz CT molecular complexity index is 847. The first-order valence-corrected chi connectivity index (χ1v) is 8.44. The smallest absolute Gasteiger partial charge is 0.264 e. The summed E-state index contributed by atoms with van der Waals surface area (Å²) in [5.41, 5.74) is 5.43. The third kappa shape index (κ3) is 2.97. The first kappa shape index (κ1) is 16.4. The minimum atomic E-state index is -0.204. The van der Waals surface area contributed by atoms with Gasteiger partial charge in [-0.25, -0.2) is 0 Å². The van der Waals surface area contributed by atoms with Gasteiger partial charge in [0.15, 0.2) is 5.17 Å². The number of carbonyl (C=O) groups excluding carboxylic acids is 1. The monoisotopic (exact) mass is 340 g/mol. The quantitative estimate of drug-likeness (QED) is 0.843. The van der Waals surface area contributed by atoms with Crippen molar-refractivity contribution >= 4 is 34.6 Å². The zero-order valence-electron chi connectivity index (χ0n) is 14.2. The molecule has 1 aromatic carbocycles. The van der Waals surface area contributed by atoms with E-state index in [4.69, 9.17) is 5.41 Å². The van der Waals surface area contributed by atoms with Crippen LogP contribution in [0.1, 0.15) is 17.0 Å². The van der Waals surface area contributed by atoms with Crippen LogP contribution in [0.15, 0.2) is 35.2 Å². The Labute approximate surface area is 145 Å². The Morgan fingerprint density at radius 3 is 2.42 bits per heavy atom. The van der Waals surface area contributed by atoms with Crippen molar-refractivity contribution < 1.29 is 4.79 Å². The predicted octanol–water partition coefficient (Wildman–Crippen LogP) is 3.30. The topological polar surface area (TPSA) is 61.1 Å². The second-order valence-electron chi connectivity index (χ2n) is 5.97. The van der Waals surface area contributed by atoms with Crippen molar-refractivity contribution in [3.8, 4) is 5.69 Å². The Morgan fingerprint density at radius 1 is 1.21 bits per heavy atom. The fourth-order valence-corrected chi connectivity index (χ4v) is 3.51. The molecule has 24 heavy (non-hydrogen) atoms. The van der Waals surface area contributed by atoms with Crippen molar-refractivity contribution in [2.75, 3.05) is 19.0 Å². The van der Waals surface area contributed by atoms with Crippen LogP contribution in [0.25, 0.3) is 11.8 Å². The third-order valence-electron chi connectivity index (χ3n) is 4.04. The number of hydrogen-bond acceptors (Lipinski definition) is 4. The molecule has 5 nitrogen and oxygen atoms in total. The summed E-state index contributed by atoms with van der Waals surface area (Å²) in [4.78, 5) is 14.4. The number of nitrogens with zero attached hydrogens (tertiary/aromatic N) is 2. The molecule has 0 radical (unpaired) electrons. The summed E-state index contributed by atoms with van der Waals surface area (Å²) in [5.74, 6) is -0.204. The van der Waals surface area contributed by atoms with E-state index < -0.39 is 0 Å². The van der Waals surface area contributed by atoms with Gasteiger partial charge in [-0.15, -0.1) is 0 Å². The lowest BCUT2D eigenvalue weighted by atomic mass is 10.2. The van der Waals surface area contributed by atoms with Crippen LogP contribution in [0.5, 0.6) is 0 Å². The molecule has 1 aromatic heterocycles. The highest BCUT2D eigenvalue weighted by Crippen LogP contribution is 2.29. The highest BCUT2D eigenvalue weighted by Gasteiger charge is 2.23. The van der Waals surface area contributed by atoms with Crippen LogP contribution in [0.4, 0.5) is 5.69 Å².